The Morgan fingerprint density at radius 2 is 2.17 bits per heavy atom. The lowest BCUT2D eigenvalue weighted by Gasteiger charge is -2.16. The molecule has 4 rings (SSSR count). The second-order valence-electron chi connectivity index (χ2n) is 6.02. The molecule has 0 saturated carbocycles. The van der Waals surface area contributed by atoms with E-state index in [1.165, 1.54) is 10.4 Å². The highest BCUT2D eigenvalue weighted by Crippen LogP contribution is 2.37. The van der Waals surface area contributed by atoms with E-state index in [1.807, 2.05) is 17.0 Å². The van der Waals surface area contributed by atoms with Crippen LogP contribution in [0.15, 0.2) is 35.7 Å². The maximum Gasteiger partial charge on any atom is 0.231 e. The molecule has 120 valence electrons. The average molecular weight is 329 g/mol. The molecule has 0 spiro atoms. The van der Waals surface area contributed by atoms with Crippen LogP contribution >= 0.6 is 11.3 Å². The number of thiophene rings is 1. The maximum absolute atomic E-state index is 12.4. The van der Waals surface area contributed by atoms with Crippen LogP contribution < -0.4 is 9.47 Å². The van der Waals surface area contributed by atoms with Crippen molar-refractivity contribution in [3.8, 4) is 11.5 Å². The fourth-order valence-corrected chi connectivity index (χ4v) is 3.98. The molecular weight excluding hydrogens is 310 g/mol. The molecule has 0 bridgehead atoms. The number of rotatable bonds is 4. The number of ether oxygens (including phenoxy) is 2. The Hall–Kier alpha value is -2.01. The molecule has 1 saturated heterocycles. The van der Waals surface area contributed by atoms with E-state index in [0.717, 1.165) is 37.4 Å². The molecule has 0 aliphatic carbocycles. The van der Waals surface area contributed by atoms with Crippen LogP contribution in [0.3, 0.4) is 0 Å². The minimum absolute atomic E-state index is 0.265. The SMILES string of the molecule is O=C(CCc1cccs1)N1CCC(c2ccc3c(c2)OCO3)C1. The number of carbonyl (C=O) groups excluding carboxylic acids is 1. The van der Waals surface area contributed by atoms with Crippen LogP contribution in [0.4, 0.5) is 0 Å². The van der Waals surface area contributed by atoms with Crippen LogP contribution in [-0.2, 0) is 11.2 Å². The molecule has 1 atom stereocenters. The zero-order chi connectivity index (χ0) is 15.6. The summed E-state index contributed by atoms with van der Waals surface area (Å²) in [4.78, 5) is 15.7. The zero-order valence-corrected chi connectivity index (χ0v) is 13.7. The smallest absolute Gasteiger partial charge is 0.231 e. The number of amides is 1. The zero-order valence-electron chi connectivity index (χ0n) is 12.9. The van der Waals surface area contributed by atoms with Crippen molar-refractivity contribution in [2.45, 2.75) is 25.2 Å². The lowest BCUT2D eigenvalue weighted by Crippen LogP contribution is -2.28. The quantitative estimate of drug-likeness (QED) is 0.863. The van der Waals surface area contributed by atoms with E-state index < -0.39 is 0 Å². The number of hydrogen-bond acceptors (Lipinski definition) is 4. The summed E-state index contributed by atoms with van der Waals surface area (Å²) in [6, 6.07) is 10.3. The molecule has 0 N–H and O–H groups in total. The van der Waals surface area contributed by atoms with E-state index in [9.17, 15) is 4.79 Å². The van der Waals surface area contributed by atoms with Crippen molar-refractivity contribution in [1.82, 2.24) is 4.90 Å². The highest BCUT2D eigenvalue weighted by Gasteiger charge is 2.28. The first-order valence-corrected chi connectivity index (χ1v) is 8.87. The van der Waals surface area contributed by atoms with Gasteiger partial charge < -0.3 is 14.4 Å². The number of benzene rings is 1. The number of hydrogen-bond donors (Lipinski definition) is 0. The molecule has 1 aromatic carbocycles. The maximum atomic E-state index is 12.4. The van der Waals surface area contributed by atoms with Gasteiger partial charge in [0.2, 0.25) is 12.7 Å². The van der Waals surface area contributed by atoms with Crippen LogP contribution in [0, 0.1) is 0 Å². The first-order chi connectivity index (χ1) is 11.3. The predicted octanol–water partition coefficient (Wildman–Crippen LogP) is 3.43. The number of likely N-dealkylation sites (tertiary alicyclic amines) is 1. The van der Waals surface area contributed by atoms with E-state index in [1.54, 1.807) is 11.3 Å². The summed E-state index contributed by atoms with van der Waals surface area (Å²) in [6.07, 6.45) is 2.47. The highest BCUT2D eigenvalue weighted by atomic mass is 32.1. The third kappa shape index (κ3) is 3.06. The number of aryl methyl sites for hydroxylation is 1. The van der Waals surface area contributed by atoms with Crippen molar-refractivity contribution < 1.29 is 14.3 Å². The summed E-state index contributed by atoms with van der Waals surface area (Å²) in [6.45, 7) is 1.96. The van der Waals surface area contributed by atoms with E-state index in [0.29, 0.717) is 19.1 Å². The number of nitrogens with zero attached hydrogens (tertiary/aromatic N) is 1. The lowest BCUT2D eigenvalue weighted by atomic mass is 9.98. The van der Waals surface area contributed by atoms with Crippen LogP contribution in [-0.4, -0.2) is 30.7 Å². The summed E-state index contributed by atoms with van der Waals surface area (Å²) < 4.78 is 10.8. The molecule has 1 aromatic heterocycles. The largest absolute Gasteiger partial charge is 0.454 e. The molecule has 1 amide bonds. The Balaban J connectivity index is 1.36. The number of carbonyl (C=O) groups is 1. The molecule has 3 heterocycles. The minimum atomic E-state index is 0.265. The summed E-state index contributed by atoms with van der Waals surface area (Å²) in [5.74, 6) is 2.30. The molecule has 2 aliphatic rings. The van der Waals surface area contributed by atoms with E-state index in [4.69, 9.17) is 9.47 Å². The lowest BCUT2D eigenvalue weighted by molar-refractivity contribution is -0.130. The molecule has 1 fully saturated rings. The van der Waals surface area contributed by atoms with Gasteiger partial charge in [-0.15, -0.1) is 11.3 Å². The summed E-state index contributed by atoms with van der Waals surface area (Å²) in [5.41, 5.74) is 1.24. The Morgan fingerprint density at radius 3 is 3.04 bits per heavy atom. The normalized spacial score (nSPS) is 19.3. The van der Waals surface area contributed by atoms with Gasteiger partial charge in [-0.2, -0.15) is 0 Å². The second kappa shape index (κ2) is 6.24. The monoisotopic (exact) mass is 329 g/mol. The second-order valence-corrected chi connectivity index (χ2v) is 7.05. The van der Waals surface area contributed by atoms with Crippen molar-refractivity contribution in [2.75, 3.05) is 19.9 Å². The Morgan fingerprint density at radius 1 is 1.26 bits per heavy atom. The highest BCUT2D eigenvalue weighted by molar-refractivity contribution is 7.09. The molecule has 0 radical (unpaired) electrons. The topological polar surface area (TPSA) is 38.8 Å². The van der Waals surface area contributed by atoms with E-state index in [2.05, 4.69) is 23.6 Å². The van der Waals surface area contributed by atoms with Gasteiger partial charge in [0, 0.05) is 30.3 Å². The predicted molar refractivity (Wildman–Crippen MR) is 89.1 cm³/mol. The molecule has 5 heteroatoms. The van der Waals surface area contributed by atoms with Gasteiger partial charge in [0.1, 0.15) is 0 Å². The van der Waals surface area contributed by atoms with Gasteiger partial charge >= 0.3 is 0 Å². The van der Waals surface area contributed by atoms with Crippen molar-refractivity contribution in [1.29, 1.82) is 0 Å². The summed E-state index contributed by atoms with van der Waals surface area (Å²) in [5, 5.41) is 2.06. The van der Waals surface area contributed by atoms with Gasteiger partial charge in [-0.25, -0.2) is 0 Å². The molecule has 23 heavy (non-hydrogen) atoms. The van der Waals surface area contributed by atoms with Crippen LogP contribution in [0.25, 0.3) is 0 Å². The molecule has 1 unspecified atom stereocenters. The first kappa shape index (κ1) is 14.6. The van der Waals surface area contributed by atoms with Crippen molar-refractivity contribution in [2.24, 2.45) is 0 Å². The van der Waals surface area contributed by atoms with Gasteiger partial charge in [0.05, 0.1) is 0 Å². The Bertz CT molecular complexity index is 698. The van der Waals surface area contributed by atoms with Crippen LogP contribution in [0.5, 0.6) is 11.5 Å². The fraction of sp³-hybridized carbons (Fsp3) is 0.389. The van der Waals surface area contributed by atoms with E-state index in [-0.39, 0.29) is 5.91 Å². The third-order valence-electron chi connectivity index (χ3n) is 4.57. The first-order valence-electron chi connectivity index (χ1n) is 7.99. The minimum Gasteiger partial charge on any atom is -0.454 e. The molecule has 4 nitrogen and oxygen atoms in total. The summed E-state index contributed by atoms with van der Waals surface area (Å²) >= 11 is 1.72. The average Bonchev–Trinajstić information content (AvgIpc) is 3.32. The third-order valence-corrected chi connectivity index (χ3v) is 5.51. The number of fused-ring (bicyclic) bond motifs is 1. The molecule has 2 aliphatic heterocycles. The van der Waals surface area contributed by atoms with Gasteiger partial charge in [-0.1, -0.05) is 12.1 Å². The fourth-order valence-electron chi connectivity index (χ4n) is 3.27. The van der Waals surface area contributed by atoms with Gasteiger partial charge in [-0.05, 0) is 42.0 Å². The Labute approximate surface area is 139 Å². The van der Waals surface area contributed by atoms with Crippen molar-refractivity contribution >= 4 is 17.2 Å². The molecule has 2 aromatic rings. The van der Waals surface area contributed by atoms with Crippen LogP contribution in [0.1, 0.15) is 29.2 Å². The van der Waals surface area contributed by atoms with Gasteiger partial charge in [-0.3, -0.25) is 4.79 Å². The Kier molecular flexibility index (Phi) is 3.95. The van der Waals surface area contributed by atoms with Crippen molar-refractivity contribution in [3.05, 3.63) is 46.2 Å². The van der Waals surface area contributed by atoms with Gasteiger partial charge in [0.25, 0.3) is 0 Å². The molecular formula is C18H19NO3S. The van der Waals surface area contributed by atoms with Crippen LogP contribution in [0.2, 0.25) is 0 Å². The van der Waals surface area contributed by atoms with E-state index >= 15 is 0 Å². The van der Waals surface area contributed by atoms with Gasteiger partial charge in [0.15, 0.2) is 11.5 Å². The van der Waals surface area contributed by atoms with Crippen molar-refractivity contribution in [3.63, 3.8) is 0 Å². The summed E-state index contributed by atoms with van der Waals surface area (Å²) in [7, 11) is 0. The standard InChI is InChI=1S/C18H19NO3S/c20-18(6-4-15-2-1-9-23-15)19-8-7-14(11-19)13-3-5-16-17(10-13)22-12-21-16/h1-3,5,9-10,14H,4,6-8,11-12H2.